The van der Waals surface area contributed by atoms with Crippen molar-refractivity contribution in [1.82, 2.24) is 10.3 Å². The Bertz CT molecular complexity index is 504. The number of nitrogens with two attached hydrogens (primary N) is 1. The van der Waals surface area contributed by atoms with Gasteiger partial charge in [-0.15, -0.1) is 0 Å². The van der Waals surface area contributed by atoms with Crippen molar-refractivity contribution < 1.29 is 14.3 Å². The summed E-state index contributed by atoms with van der Waals surface area (Å²) in [7, 11) is 1.30. The number of amides is 1. The van der Waals surface area contributed by atoms with Gasteiger partial charge in [-0.2, -0.15) is 0 Å². The molecule has 102 valence electrons. The minimum atomic E-state index is -0.495. The van der Waals surface area contributed by atoms with E-state index in [4.69, 9.17) is 5.73 Å². The molecule has 1 amide bonds. The van der Waals surface area contributed by atoms with Crippen LogP contribution in [0.25, 0.3) is 0 Å². The average molecular weight is 264 g/mol. The maximum atomic E-state index is 11.6. The molecule has 0 aromatic carbocycles. The van der Waals surface area contributed by atoms with Gasteiger partial charge >= 0.3 is 5.97 Å². The summed E-state index contributed by atoms with van der Waals surface area (Å²) in [5.74, 6) is 0.141. The summed E-state index contributed by atoms with van der Waals surface area (Å²) in [6, 6.07) is 1.59. The van der Waals surface area contributed by atoms with Crippen LogP contribution in [0.3, 0.4) is 0 Å². The summed E-state index contributed by atoms with van der Waals surface area (Å²) < 4.78 is 4.67. The molecule has 0 atom stereocenters. The van der Waals surface area contributed by atoms with Crippen molar-refractivity contribution in [2.75, 3.05) is 37.4 Å². The van der Waals surface area contributed by atoms with Crippen LogP contribution in [-0.2, 0) is 9.53 Å². The van der Waals surface area contributed by atoms with E-state index in [1.54, 1.807) is 6.07 Å². The van der Waals surface area contributed by atoms with Gasteiger partial charge in [-0.25, -0.2) is 9.78 Å². The minimum absolute atomic E-state index is 0.0196. The number of methoxy groups -OCH3 is 1. The van der Waals surface area contributed by atoms with Crippen LogP contribution in [0.4, 0.5) is 11.5 Å². The van der Waals surface area contributed by atoms with Gasteiger partial charge in [-0.05, 0) is 6.07 Å². The highest BCUT2D eigenvalue weighted by molar-refractivity contribution is 5.95. The SMILES string of the molecule is COC(=O)c1cc(N2CCNC(=O)CC2)ncc1N. The maximum Gasteiger partial charge on any atom is 0.340 e. The number of hydrogen-bond donors (Lipinski definition) is 2. The van der Waals surface area contributed by atoms with E-state index in [9.17, 15) is 9.59 Å². The summed E-state index contributed by atoms with van der Waals surface area (Å²) in [5, 5.41) is 2.78. The molecule has 0 aliphatic carbocycles. The Labute approximate surface area is 110 Å². The molecule has 19 heavy (non-hydrogen) atoms. The number of aromatic nitrogens is 1. The Morgan fingerprint density at radius 3 is 3.05 bits per heavy atom. The summed E-state index contributed by atoms with van der Waals surface area (Å²) >= 11 is 0. The third-order valence-electron chi connectivity index (χ3n) is 2.96. The number of ether oxygens (including phenoxy) is 1. The van der Waals surface area contributed by atoms with Crippen molar-refractivity contribution in [3.8, 4) is 0 Å². The van der Waals surface area contributed by atoms with Gasteiger partial charge in [-0.3, -0.25) is 4.79 Å². The van der Waals surface area contributed by atoms with E-state index >= 15 is 0 Å². The molecule has 0 saturated carbocycles. The summed E-state index contributed by atoms with van der Waals surface area (Å²) in [5.41, 5.74) is 6.27. The average Bonchev–Trinajstić information content (AvgIpc) is 2.63. The van der Waals surface area contributed by atoms with E-state index in [0.717, 1.165) is 0 Å². The van der Waals surface area contributed by atoms with Gasteiger partial charge in [0.2, 0.25) is 5.91 Å². The Kier molecular flexibility index (Phi) is 3.84. The van der Waals surface area contributed by atoms with Crippen molar-refractivity contribution in [1.29, 1.82) is 0 Å². The van der Waals surface area contributed by atoms with Gasteiger partial charge in [0.05, 0.1) is 24.6 Å². The quantitative estimate of drug-likeness (QED) is 0.716. The fourth-order valence-electron chi connectivity index (χ4n) is 1.91. The van der Waals surface area contributed by atoms with Gasteiger partial charge < -0.3 is 20.7 Å². The van der Waals surface area contributed by atoms with Gasteiger partial charge in [0, 0.05) is 26.1 Å². The molecule has 1 aliphatic rings. The zero-order chi connectivity index (χ0) is 13.8. The first kappa shape index (κ1) is 13.1. The second kappa shape index (κ2) is 5.55. The number of anilines is 2. The molecule has 0 bridgehead atoms. The Hall–Kier alpha value is -2.31. The Morgan fingerprint density at radius 2 is 2.32 bits per heavy atom. The van der Waals surface area contributed by atoms with E-state index in [2.05, 4.69) is 15.0 Å². The zero-order valence-electron chi connectivity index (χ0n) is 10.7. The van der Waals surface area contributed by atoms with Gasteiger partial charge in [0.15, 0.2) is 0 Å². The lowest BCUT2D eigenvalue weighted by Crippen LogP contribution is -2.29. The normalized spacial score (nSPS) is 15.6. The fourth-order valence-corrected chi connectivity index (χ4v) is 1.91. The number of rotatable bonds is 2. The number of nitrogen functional groups attached to an aromatic ring is 1. The lowest BCUT2D eigenvalue weighted by molar-refractivity contribution is -0.120. The highest BCUT2D eigenvalue weighted by atomic mass is 16.5. The number of pyridine rings is 1. The van der Waals surface area contributed by atoms with Crippen molar-refractivity contribution in [2.24, 2.45) is 0 Å². The zero-order valence-corrected chi connectivity index (χ0v) is 10.7. The number of nitrogens with one attached hydrogen (secondary N) is 1. The molecule has 7 nitrogen and oxygen atoms in total. The molecule has 7 heteroatoms. The molecule has 2 heterocycles. The second-order valence-corrected chi connectivity index (χ2v) is 4.21. The second-order valence-electron chi connectivity index (χ2n) is 4.21. The standard InChI is InChI=1S/C12H16N4O3/c1-19-12(18)8-6-10(15-7-9(8)13)16-4-2-11(17)14-3-5-16/h6-7H,2-5,13H2,1H3,(H,14,17). The van der Waals surface area contributed by atoms with E-state index in [0.29, 0.717) is 31.9 Å². The van der Waals surface area contributed by atoms with Gasteiger partial charge in [0.1, 0.15) is 5.82 Å². The van der Waals surface area contributed by atoms with Crippen LogP contribution >= 0.6 is 0 Å². The van der Waals surface area contributed by atoms with Crippen molar-refractivity contribution in [2.45, 2.75) is 6.42 Å². The first-order valence-electron chi connectivity index (χ1n) is 5.97. The molecule has 1 saturated heterocycles. The molecule has 1 aliphatic heterocycles. The van der Waals surface area contributed by atoms with Crippen LogP contribution < -0.4 is 16.0 Å². The summed E-state index contributed by atoms with van der Waals surface area (Å²) in [6.45, 7) is 1.76. The number of esters is 1. The predicted octanol–water partition coefficient (Wildman–Crippen LogP) is -0.223. The first-order chi connectivity index (χ1) is 9.11. The molecule has 0 spiro atoms. The Morgan fingerprint density at radius 1 is 1.53 bits per heavy atom. The lowest BCUT2D eigenvalue weighted by atomic mass is 10.2. The third-order valence-corrected chi connectivity index (χ3v) is 2.96. The highest BCUT2D eigenvalue weighted by Crippen LogP contribution is 2.19. The topological polar surface area (TPSA) is 97.5 Å². The number of hydrogen-bond acceptors (Lipinski definition) is 6. The molecule has 3 N–H and O–H groups in total. The molecule has 1 aromatic rings. The van der Waals surface area contributed by atoms with E-state index in [-0.39, 0.29) is 17.2 Å². The maximum absolute atomic E-state index is 11.6. The molecule has 2 rings (SSSR count). The lowest BCUT2D eigenvalue weighted by Gasteiger charge is -2.21. The largest absolute Gasteiger partial charge is 0.465 e. The molecule has 0 radical (unpaired) electrons. The monoisotopic (exact) mass is 264 g/mol. The van der Waals surface area contributed by atoms with E-state index in [1.165, 1.54) is 13.3 Å². The van der Waals surface area contributed by atoms with Crippen LogP contribution in [0.5, 0.6) is 0 Å². The third kappa shape index (κ3) is 2.93. The van der Waals surface area contributed by atoms with Crippen molar-refractivity contribution in [3.05, 3.63) is 17.8 Å². The molecule has 1 fully saturated rings. The number of carbonyl (C=O) groups is 2. The minimum Gasteiger partial charge on any atom is -0.465 e. The number of carbonyl (C=O) groups excluding carboxylic acids is 2. The van der Waals surface area contributed by atoms with Crippen LogP contribution in [0.1, 0.15) is 16.8 Å². The predicted molar refractivity (Wildman–Crippen MR) is 69.8 cm³/mol. The molecular formula is C12H16N4O3. The van der Waals surface area contributed by atoms with Crippen LogP contribution in [0.2, 0.25) is 0 Å². The van der Waals surface area contributed by atoms with Gasteiger partial charge in [0.25, 0.3) is 0 Å². The number of nitrogens with zero attached hydrogens (tertiary/aromatic N) is 2. The van der Waals surface area contributed by atoms with E-state index < -0.39 is 5.97 Å². The van der Waals surface area contributed by atoms with Gasteiger partial charge in [-0.1, -0.05) is 0 Å². The van der Waals surface area contributed by atoms with E-state index in [1.807, 2.05) is 4.90 Å². The van der Waals surface area contributed by atoms with Crippen LogP contribution in [-0.4, -0.2) is 43.6 Å². The van der Waals surface area contributed by atoms with Crippen molar-refractivity contribution >= 4 is 23.4 Å². The van der Waals surface area contributed by atoms with Crippen LogP contribution in [0.15, 0.2) is 12.3 Å². The smallest absolute Gasteiger partial charge is 0.340 e. The van der Waals surface area contributed by atoms with Crippen LogP contribution in [0, 0.1) is 0 Å². The highest BCUT2D eigenvalue weighted by Gasteiger charge is 2.18. The van der Waals surface area contributed by atoms with Crippen molar-refractivity contribution in [3.63, 3.8) is 0 Å². The fraction of sp³-hybridized carbons (Fsp3) is 0.417. The first-order valence-corrected chi connectivity index (χ1v) is 5.97. The molecule has 0 unspecified atom stereocenters. The summed E-state index contributed by atoms with van der Waals surface area (Å²) in [6.07, 6.45) is 1.83. The molecular weight excluding hydrogens is 248 g/mol. The molecule has 1 aromatic heterocycles. The Balaban J connectivity index is 2.24. The summed E-state index contributed by atoms with van der Waals surface area (Å²) in [4.78, 5) is 29.0.